The number of ether oxygens (including phenoxy) is 1. The molecule has 1 heterocycles. The first-order valence-corrected chi connectivity index (χ1v) is 7.70. The second kappa shape index (κ2) is 6.59. The summed E-state index contributed by atoms with van der Waals surface area (Å²) in [5.74, 6) is 1.64. The van der Waals surface area contributed by atoms with Gasteiger partial charge < -0.3 is 10.5 Å². The van der Waals surface area contributed by atoms with Crippen molar-refractivity contribution < 1.29 is 4.74 Å². The van der Waals surface area contributed by atoms with E-state index >= 15 is 0 Å². The molecule has 0 radical (unpaired) electrons. The van der Waals surface area contributed by atoms with Crippen molar-refractivity contribution in [3.8, 4) is 5.75 Å². The number of rotatable bonds is 4. The van der Waals surface area contributed by atoms with Gasteiger partial charge in [-0.2, -0.15) is 0 Å². The van der Waals surface area contributed by atoms with E-state index in [1.807, 2.05) is 12.1 Å². The van der Waals surface area contributed by atoms with E-state index in [4.69, 9.17) is 10.5 Å². The lowest BCUT2D eigenvalue weighted by Crippen LogP contribution is -2.49. The summed E-state index contributed by atoms with van der Waals surface area (Å²) in [6.07, 6.45) is 2.59. The van der Waals surface area contributed by atoms with Crippen molar-refractivity contribution in [1.82, 2.24) is 4.90 Å². The van der Waals surface area contributed by atoms with Crippen molar-refractivity contribution in [2.75, 3.05) is 13.7 Å². The fourth-order valence-corrected chi connectivity index (χ4v) is 3.36. The van der Waals surface area contributed by atoms with Crippen molar-refractivity contribution >= 4 is 0 Å². The Bertz CT molecular complexity index is 416. The van der Waals surface area contributed by atoms with Crippen LogP contribution in [-0.2, 0) is 0 Å². The van der Waals surface area contributed by atoms with Crippen molar-refractivity contribution in [2.45, 2.75) is 51.7 Å². The second-order valence-electron chi connectivity index (χ2n) is 6.18. The first-order valence-electron chi connectivity index (χ1n) is 7.70. The highest BCUT2D eigenvalue weighted by atomic mass is 16.5. The largest absolute Gasteiger partial charge is 0.497 e. The first kappa shape index (κ1) is 15.3. The van der Waals surface area contributed by atoms with Crippen molar-refractivity contribution in [1.29, 1.82) is 0 Å². The van der Waals surface area contributed by atoms with Crippen LogP contribution >= 0.6 is 0 Å². The third-order valence-corrected chi connectivity index (χ3v) is 4.74. The molecule has 1 aromatic carbocycles. The molecule has 0 aliphatic carbocycles. The molecule has 0 spiro atoms. The van der Waals surface area contributed by atoms with Crippen LogP contribution in [0.4, 0.5) is 0 Å². The van der Waals surface area contributed by atoms with Crippen molar-refractivity contribution in [3.05, 3.63) is 29.8 Å². The van der Waals surface area contributed by atoms with Crippen LogP contribution < -0.4 is 10.5 Å². The molecule has 1 saturated heterocycles. The number of likely N-dealkylation sites (tertiary alicyclic amines) is 1. The number of hydrogen-bond acceptors (Lipinski definition) is 3. The Morgan fingerprint density at radius 1 is 1.25 bits per heavy atom. The fraction of sp³-hybridized carbons (Fsp3) is 0.647. The monoisotopic (exact) mass is 276 g/mol. The molecule has 1 aromatic rings. The molecule has 4 unspecified atom stereocenters. The molecule has 3 nitrogen and oxygen atoms in total. The summed E-state index contributed by atoms with van der Waals surface area (Å²) in [4.78, 5) is 2.58. The zero-order valence-corrected chi connectivity index (χ0v) is 13.2. The fourth-order valence-electron chi connectivity index (χ4n) is 3.36. The highest BCUT2D eigenvalue weighted by Gasteiger charge is 2.32. The maximum Gasteiger partial charge on any atom is 0.118 e. The molecule has 0 saturated carbocycles. The molecule has 0 bridgehead atoms. The Morgan fingerprint density at radius 2 is 1.90 bits per heavy atom. The van der Waals surface area contributed by atoms with Crippen LogP contribution in [0.2, 0.25) is 0 Å². The number of nitrogens with zero attached hydrogens (tertiary/aromatic N) is 1. The van der Waals surface area contributed by atoms with Gasteiger partial charge in [-0.1, -0.05) is 19.1 Å². The Morgan fingerprint density at radius 3 is 2.45 bits per heavy atom. The van der Waals surface area contributed by atoms with Gasteiger partial charge in [0.15, 0.2) is 0 Å². The summed E-state index contributed by atoms with van der Waals surface area (Å²) in [5, 5.41) is 0. The minimum absolute atomic E-state index is 0.121. The molecular weight excluding hydrogens is 248 g/mol. The van der Waals surface area contributed by atoms with E-state index in [0.717, 1.165) is 18.2 Å². The molecule has 3 heteroatoms. The lowest BCUT2D eigenvalue weighted by molar-refractivity contribution is 0.0579. The lowest BCUT2D eigenvalue weighted by atomic mass is 9.87. The molecular formula is C17H28N2O. The average molecular weight is 276 g/mol. The Labute approximate surface area is 123 Å². The van der Waals surface area contributed by atoms with Gasteiger partial charge in [-0.3, -0.25) is 4.90 Å². The third-order valence-electron chi connectivity index (χ3n) is 4.74. The smallest absolute Gasteiger partial charge is 0.118 e. The van der Waals surface area contributed by atoms with Crippen molar-refractivity contribution in [2.24, 2.45) is 11.7 Å². The van der Waals surface area contributed by atoms with Crippen LogP contribution in [0.1, 0.15) is 45.2 Å². The van der Waals surface area contributed by atoms with Gasteiger partial charge in [0.2, 0.25) is 0 Å². The molecule has 112 valence electrons. The molecule has 1 fully saturated rings. The number of benzene rings is 1. The van der Waals surface area contributed by atoms with E-state index in [-0.39, 0.29) is 6.04 Å². The normalized spacial score (nSPS) is 27.1. The average Bonchev–Trinajstić information content (AvgIpc) is 2.44. The van der Waals surface area contributed by atoms with Gasteiger partial charge >= 0.3 is 0 Å². The van der Waals surface area contributed by atoms with Gasteiger partial charge in [0.25, 0.3) is 0 Å². The Hall–Kier alpha value is -1.06. The van der Waals surface area contributed by atoms with E-state index < -0.39 is 0 Å². The molecule has 2 rings (SSSR count). The number of nitrogens with two attached hydrogens (primary N) is 1. The zero-order chi connectivity index (χ0) is 14.7. The molecule has 0 aromatic heterocycles. The lowest BCUT2D eigenvalue weighted by Gasteiger charge is -2.44. The van der Waals surface area contributed by atoms with E-state index in [0.29, 0.717) is 12.1 Å². The van der Waals surface area contributed by atoms with Crippen LogP contribution in [0.5, 0.6) is 5.75 Å². The second-order valence-corrected chi connectivity index (χ2v) is 6.18. The van der Waals surface area contributed by atoms with E-state index in [2.05, 4.69) is 37.8 Å². The van der Waals surface area contributed by atoms with Gasteiger partial charge in [-0.25, -0.2) is 0 Å². The molecule has 20 heavy (non-hydrogen) atoms. The third kappa shape index (κ3) is 3.15. The summed E-state index contributed by atoms with van der Waals surface area (Å²) in [5.41, 5.74) is 7.60. The highest BCUT2D eigenvalue weighted by molar-refractivity contribution is 5.30. The highest BCUT2D eigenvalue weighted by Crippen LogP contribution is 2.33. The SMILES string of the molecule is COc1ccc(C(C(C)N)N2CCCC(C)C2C)cc1. The maximum absolute atomic E-state index is 6.30. The predicted molar refractivity (Wildman–Crippen MR) is 84.0 cm³/mol. The Kier molecular flexibility index (Phi) is 5.06. The topological polar surface area (TPSA) is 38.5 Å². The molecule has 1 aliphatic heterocycles. The quantitative estimate of drug-likeness (QED) is 0.917. The van der Waals surface area contributed by atoms with Gasteiger partial charge in [-0.05, 0) is 56.8 Å². The van der Waals surface area contributed by atoms with Crippen LogP contribution in [0.3, 0.4) is 0 Å². The summed E-state index contributed by atoms with van der Waals surface area (Å²) in [7, 11) is 1.70. The van der Waals surface area contributed by atoms with Gasteiger partial charge in [0.1, 0.15) is 5.75 Å². The number of hydrogen-bond donors (Lipinski definition) is 1. The van der Waals surface area contributed by atoms with Crippen LogP contribution in [0.15, 0.2) is 24.3 Å². The summed E-state index contributed by atoms with van der Waals surface area (Å²) in [6.45, 7) is 7.94. The summed E-state index contributed by atoms with van der Waals surface area (Å²) in [6, 6.07) is 9.36. The van der Waals surface area contributed by atoms with Gasteiger partial charge in [0.05, 0.1) is 7.11 Å². The molecule has 4 atom stereocenters. The van der Waals surface area contributed by atoms with Crippen LogP contribution in [0, 0.1) is 5.92 Å². The first-order chi connectivity index (χ1) is 9.54. The Balaban J connectivity index is 2.25. The minimum atomic E-state index is 0.121. The van der Waals surface area contributed by atoms with Gasteiger partial charge in [0, 0.05) is 18.1 Å². The molecule has 2 N–H and O–H groups in total. The van der Waals surface area contributed by atoms with Crippen LogP contribution in [0.25, 0.3) is 0 Å². The van der Waals surface area contributed by atoms with Gasteiger partial charge in [-0.15, -0.1) is 0 Å². The van der Waals surface area contributed by atoms with Crippen LogP contribution in [-0.4, -0.2) is 30.6 Å². The van der Waals surface area contributed by atoms with E-state index in [1.165, 1.54) is 18.4 Å². The standard InChI is InChI=1S/C17H28N2O/c1-12-6-5-11-19(14(12)3)17(13(2)18)15-7-9-16(20-4)10-8-15/h7-10,12-14,17H,5-6,11,18H2,1-4H3. The molecule has 0 amide bonds. The van der Waals surface area contributed by atoms with E-state index in [9.17, 15) is 0 Å². The minimum Gasteiger partial charge on any atom is -0.497 e. The van der Waals surface area contributed by atoms with Crippen molar-refractivity contribution in [3.63, 3.8) is 0 Å². The summed E-state index contributed by atoms with van der Waals surface area (Å²) >= 11 is 0. The zero-order valence-electron chi connectivity index (χ0n) is 13.2. The summed E-state index contributed by atoms with van der Waals surface area (Å²) < 4.78 is 5.25. The van der Waals surface area contributed by atoms with E-state index in [1.54, 1.807) is 7.11 Å². The maximum atomic E-state index is 6.30. The number of piperidine rings is 1. The molecule has 1 aliphatic rings. The number of methoxy groups -OCH3 is 1. The predicted octanol–water partition coefficient (Wildman–Crippen LogP) is 3.20.